The number of aromatic nitrogens is 4. The summed E-state index contributed by atoms with van der Waals surface area (Å²) in [5.74, 6) is 1.88. The molecule has 0 amide bonds. The minimum atomic E-state index is 0.618. The second-order valence-corrected chi connectivity index (χ2v) is 12.6. The van der Waals surface area contributed by atoms with Crippen LogP contribution in [0, 0.1) is 0 Å². The van der Waals surface area contributed by atoms with Crippen LogP contribution in [-0.2, 0) is 0 Å². The SMILES string of the molecule is C1=c2/c(oc3ccccc23)=C\C(c2nc(-c3ccc4ccccc4c3)nc(-c3cc4c5ccncc5ccc4c4ccccc34)n2)=C/CC\1. The minimum Gasteiger partial charge on any atom is -0.456 e. The Morgan fingerprint density at radius 3 is 2.18 bits per heavy atom. The van der Waals surface area contributed by atoms with Gasteiger partial charge in [0.25, 0.3) is 0 Å². The van der Waals surface area contributed by atoms with Crippen molar-refractivity contribution in [2.24, 2.45) is 0 Å². The maximum absolute atomic E-state index is 6.40. The molecule has 0 fully saturated rings. The molecule has 10 rings (SSSR count). The zero-order valence-electron chi connectivity index (χ0n) is 26.5. The quantitative estimate of drug-likeness (QED) is 0.182. The molecular weight excluding hydrogens is 601 g/mol. The molecule has 0 saturated carbocycles. The number of hydrogen-bond donors (Lipinski definition) is 0. The Hall–Kier alpha value is -6.46. The Morgan fingerprint density at radius 1 is 0.510 bits per heavy atom. The number of pyridine rings is 1. The second-order valence-electron chi connectivity index (χ2n) is 12.6. The first-order chi connectivity index (χ1) is 24.3. The summed E-state index contributed by atoms with van der Waals surface area (Å²) in [4.78, 5) is 20.0. The number of allylic oxidation sites excluding steroid dienone is 2. The van der Waals surface area contributed by atoms with Crippen molar-refractivity contribution in [2.45, 2.75) is 12.8 Å². The Morgan fingerprint density at radius 2 is 1.24 bits per heavy atom. The second kappa shape index (κ2) is 11.1. The minimum absolute atomic E-state index is 0.618. The van der Waals surface area contributed by atoms with Crippen LogP contribution in [0.25, 0.3) is 94.6 Å². The van der Waals surface area contributed by atoms with Gasteiger partial charge in [0.05, 0.1) is 0 Å². The molecule has 0 bridgehead atoms. The topological polar surface area (TPSA) is 64.7 Å². The van der Waals surface area contributed by atoms with Crippen molar-refractivity contribution < 1.29 is 4.42 Å². The van der Waals surface area contributed by atoms with E-state index < -0.39 is 0 Å². The fraction of sp³-hybridized carbons (Fsp3) is 0.0455. The van der Waals surface area contributed by atoms with E-state index in [-0.39, 0.29) is 0 Å². The number of para-hydroxylation sites is 1. The Kier molecular flexibility index (Phi) is 6.24. The standard InChI is InChI=1S/C44H28N4O/c1-2-10-28-23-30(18-17-27(28)9-1)43-46-42(29-11-3-4-15-37-36-14-7-8-16-40(36)49-41(37)24-29)47-44(48-43)39-25-38-32-21-22-45-26-31(32)19-20-35(38)33-12-5-6-13-34(33)39/h1-2,5-26H,3-4H2/b29-11+,37-15-,41-24+. The molecule has 5 heteroatoms. The van der Waals surface area contributed by atoms with Crippen LogP contribution in [0.2, 0.25) is 0 Å². The highest BCUT2D eigenvalue weighted by molar-refractivity contribution is 6.20. The van der Waals surface area contributed by atoms with Crippen molar-refractivity contribution >= 4 is 71.8 Å². The molecule has 1 aliphatic carbocycles. The summed E-state index contributed by atoms with van der Waals surface area (Å²) in [6.07, 6.45) is 12.1. The number of nitrogens with zero attached hydrogens (tertiary/aromatic N) is 4. The summed E-state index contributed by atoms with van der Waals surface area (Å²) < 4.78 is 6.40. The van der Waals surface area contributed by atoms with Gasteiger partial charge in [0.15, 0.2) is 17.5 Å². The smallest absolute Gasteiger partial charge is 0.164 e. The molecular formula is C44H28N4O. The molecule has 0 N–H and O–H groups in total. The lowest BCUT2D eigenvalue weighted by Crippen LogP contribution is -2.21. The first-order valence-electron chi connectivity index (χ1n) is 16.6. The van der Waals surface area contributed by atoms with Crippen molar-refractivity contribution in [2.75, 3.05) is 0 Å². The summed E-state index contributed by atoms with van der Waals surface area (Å²) in [6.45, 7) is 0. The summed E-state index contributed by atoms with van der Waals surface area (Å²) in [5, 5.41) is 11.4. The predicted octanol–water partition coefficient (Wildman–Crippen LogP) is 9.40. The first-order valence-corrected chi connectivity index (χ1v) is 16.6. The largest absolute Gasteiger partial charge is 0.456 e. The van der Waals surface area contributed by atoms with E-state index in [1.165, 1.54) is 10.8 Å². The predicted molar refractivity (Wildman–Crippen MR) is 200 cm³/mol. The molecule has 0 atom stereocenters. The van der Waals surface area contributed by atoms with Crippen LogP contribution in [0.15, 0.2) is 138 Å². The molecule has 49 heavy (non-hydrogen) atoms. The monoisotopic (exact) mass is 628 g/mol. The molecule has 0 spiro atoms. The maximum Gasteiger partial charge on any atom is 0.164 e. The van der Waals surface area contributed by atoms with E-state index in [9.17, 15) is 0 Å². The highest BCUT2D eigenvalue weighted by Gasteiger charge is 2.18. The van der Waals surface area contributed by atoms with Gasteiger partial charge in [-0.3, -0.25) is 4.98 Å². The maximum atomic E-state index is 6.40. The van der Waals surface area contributed by atoms with E-state index in [4.69, 9.17) is 19.4 Å². The van der Waals surface area contributed by atoms with E-state index >= 15 is 0 Å². The highest BCUT2D eigenvalue weighted by Crippen LogP contribution is 2.37. The average molecular weight is 629 g/mol. The van der Waals surface area contributed by atoms with E-state index in [1.54, 1.807) is 0 Å². The van der Waals surface area contributed by atoms with Gasteiger partial charge in [0.1, 0.15) is 11.0 Å². The normalized spacial score (nSPS) is 15.6. The molecule has 0 radical (unpaired) electrons. The summed E-state index contributed by atoms with van der Waals surface area (Å²) >= 11 is 0. The molecule has 9 aromatic rings. The number of furan rings is 1. The Balaban J connectivity index is 1.27. The summed E-state index contributed by atoms with van der Waals surface area (Å²) in [7, 11) is 0. The van der Waals surface area contributed by atoms with Gasteiger partial charge in [-0.15, -0.1) is 0 Å². The van der Waals surface area contributed by atoms with Crippen molar-refractivity contribution in [3.05, 3.63) is 150 Å². The van der Waals surface area contributed by atoms with Crippen molar-refractivity contribution in [3.8, 4) is 22.8 Å². The Bertz CT molecular complexity index is 2960. The van der Waals surface area contributed by atoms with Crippen LogP contribution >= 0.6 is 0 Å². The molecule has 3 heterocycles. The third-order valence-electron chi connectivity index (χ3n) is 9.63. The molecule has 3 aromatic heterocycles. The van der Waals surface area contributed by atoms with Crippen LogP contribution in [0.3, 0.4) is 0 Å². The number of benzene rings is 6. The Labute approximate surface area is 281 Å². The van der Waals surface area contributed by atoms with Crippen LogP contribution in [0.5, 0.6) is 0 Å². The lowest BCUT2D eigenvalue weighted by molar-refractivity contribution is 0.575. The number of hydrogen-bond acceptors (Lipinski definition) is 5. The van der Waals surface area contributed by atoms with Gasteiger partial charge in [-0.05, 0) is 80.9 Å². The van der Waals surface area contributed by atoms with Crippen molar-refractivity contribution in [1.29, 1.82) is 0 Å². The van der Waals surface area contributed by atoms with Crippen molar-refractivity contribution in [1.82, 2.24) is 19.9 Å². The fourth-order valence-corrected chi connectivity index (χ4v) is 7.25. The van der Waals surface area contributed by atoms with Crippen LogP contribution in [0.1, 0.15) is 18.7 Å². The van der Waals surface area contributed by atoms with Crippen molar-refractivity contribution in [3.63, 3.8) is 0 Å². The summed E-state index contributed by atoms with van der Waals surface area (Å²) in [6, 6.07) is 40.2. The highest BCUT2D eigenvalue weighted by atomic mass is 16.3. The molecule has 6 aromatic carbocycles. The lowest BCUT2D eigenvalue weighted by Gasteiger charge is -2.14. The first kappa shape index (κ1) is 27.6. The molecule has 0 aliphatic heterocycles. The van der Waals surface area contributed by atoms with E-state index in [1.807, 2.05) is 24.5 Å². The van der Waals surface area contributed by atoms with Gasteiger partial charge < -0.3 is 4.42 Å². The van der Waals surface area contributed by atoms with Gasteiger partial charge in [0, 0.05) is 45.1 Å². The van der Waals surface area contributed by atoms with E-state index in [2.05, 4.69) is 126 Å². The van der Waals surface area contributed by atoms with Gasteiger partial charge in [0.2, 0.25) is 0 Å². The number of fused-ring (bicyclic) bond motifs is 9. The molecule has 0 unspecified atom stereocenters. The van der Waals surface area contributed by atoms with Gasteiger partial charge >= 0.3 is 0 Å². The number of rotatable bonds is 3. The zero-order valence-corrected chi connectivity index (χ0v) is 26.5. The third kappa shape index (κ3) is 4.62. The van der Waals surface area contributed by atoms with E-state index in [0.29, 0.717) is 17.5 Å². The fourth-order valence-electron chi connectivity index (χ4n) is 7.25. The lowest BCUT2D eigenvalue weighted by atomic mass is 9.94. The van der Waals surface area contributed by atoms with Gasteiger partial charge in [-0.25, -0.2) is 15.0 Å². The van der Waals surface area contributed by atoms with Crippen LogP contribution < -0.4 is 10.6 Å². The molecule has 230 valence electrons. The van der Waals surface area contributed by atoms with Crippen LogP contribution in [0.4, 0.5) is 0 Å². The zero-order chi connectivity index (χ0) is 32.3. The molecule has 5 nitrogen and oxygen atoms in total. The van der Waals surface area contributed by atoms with Gasteiger partial charge in [-0.1, -0.05) is 103 Å². The molecule has 1 aliphatic rings. The average Bonchev–Trinajstić information content (AvgIpc) is 3.49. The summed E-state index contributed by atoms with van der Waals surface area (Å²) in [5.41, 5.74) is 4.51. The third-order valence-corrected chi connectivity index (χ3v) is 9.63. The van der Waals surface area contributed by atoms with Crippen LogP contribution in [-0.4, -0.2) is 19.9 Å². The van der Waals surface area contributed by atoms with Gasteiger partial charge in [-0.2, -0.15) is 0 Å². The molecule has 0 saturated heterocycles. The van der Waals surface area contributed by atoms with E-state index in [0.717, 1.165) is 83.5 Å².